The Labute approximate surface area is 133 Å². The average molecular weight is 319 g/mol. The SMILES string of the molecule is CC(C)c1nc2c(c(=O)[nH]1)CN(Cc1ccc(F)cc1F)CC2. The summed E-state index contributed by atoms with van der Waals surface area (Å²) >= 11 is 0. The summed E-state index contributed by atoms with van der Waals surface area (Å²) in [6.07, 6.45) is 0.655. The fourth-order valence-electron chi connectivity index (χ4n) is 2.80. The molecule has 0 unspecified atom stereocenters. The standard InChI is InChI=1S/C17H19F2N3O/c1-10(2)16-20-15-5-6-22(9-13(15)17(23)21-16)8-11-3-4-12(18)7-14(11)19/h3-4,7,10H,5-6,8-9H2,1-2H3,(H,20,21,23). The van der Waals surface area contributed by atoms with Gasteiger partial charge >= 0.3 is 0 Å². The van der Waals surface area contributed by atoms with Crippen molar-refractivity contribution in [3.8, 4) is 0 Å². The highest BCUT2D eigenvalue weighted by Gasteiger charge is 2.22. The van der Waals surface area contributed by atoms with Crippen LogP contribution in [0, 0.1) is 11.6 Å². The number of fused-ring (bicyclic) bond motifs is 1. The molecule has 1 aliphatic rings. The molecule has 122 valence electrons. The van der Waals surface area contributed by atoms with E-state index in [0.717, 1.165) is 11.8 Å². The maximum absolute atomic E-state index is 13.8. The first-order chi connectivity index (χ1) is 10.9. The largest absolute Gasteiger partial charge is 0.310 e. The van der Waals surface area contributed by atoms with Crippen molar-refractivity contribution in [2.75, 3.05) is 6.54 Å². The van der Waals surface area contributed by atoms with Gasteiger partial charge in [0.15, 0.2) is 0 Å². The normalized spacial score (nSPS) is 15.0. The molecule has 23 heavy (non-hydrogen) atoms. The number of nitrogens with one attached hydrogen (secondary N) is 1. The van der Waals surface area contributed by atoms with Gasteiger partial charge in [-0.2, -0.15) is 0 Å². The summed E-state index contributed by atoms with van der Waals surface area (Å²) in [5, 5.41) is 0. The molecule has 0 atom stereocenters. The molecule has 0 amide bonds. The van der Waals surface area contributed by atoms with Crippen LogP contribution < -0.4 is 5.56 Å². The Morgan fingerprint density at radius 1 is 1.35 bits per heavy atom. The summed E-state index contributed by atoms with van der Waals surface area (Å²) in [6, 6.07) is 3.58. The second-order valence-electron chi connectivity index (χ2n) is 6.23. The lowest BCUT2D eigenvalue weighted by Gasteiger charge is -2.28. The first kappa shape index (κ1) is 15.8. The highest BCUT2D eigenvalue weighted by molar-refractivity contribution is 5.23. The summed E-state index contributed by atoms with van der Waals surface area (Å²) in [6.45, 7) is 5.43. The molecule has 1 aromatic carbocycles. The predicted molar refractivity (Wildman–Crippen MR) is 83.1 cm³/mol. The van der Waals surface area contributed by atoms with Gasteiger partial charge in [0.1, 0.15) is 17.5 Å². The van der Waals surface area contributed by atoms with Crippen LogP contribution in [0.25, 0.3) is 0 Å². The van der Waals surface area contributed by atoms with Crippen molar-refractivity contribution in [2.45, 2.75) is 39.3 Å². The number of aromatic amines is 1. The monoisotopic (exact) mass is 319 g/mol. The van der Waals surface area contributed by atoms with Crippen LogP contribution in [0.2, 0.25) is 0 Å². The Morgan fingerprint density at radius 2 is 2.13 bits per heavy atom. The van der Waals surface area contributed by atoms with Crippen molar-refractivity contribution in [2.24, 2.45) is 0 Å². The predicted octanol–water partition coefficient (Wildman–Crippen LogP) is 2.73. The number of hydrogen-bond donors (Lipinski definition) is 1. The van der Waals surface area contributed by atoms with Crippen molar-refractivity contribution < 1.29 is 8.78 Å². The number of halogens is 2. The molecule has 0 bridgehead atoms. The van der Waals surface area contributed by atoms with E-state index in [2.05, 4.69) is 9.97 Å². The Hall–Kier alpha value is -2.08. The lowest BCUT2D eigenvalue weighted by atomic mass is 10.0. The summed E-state index contributed by atoms with van der Waals surface area (Å²) in [7, 11) is 0. The van der Waals surface area contributed by atoms with Crippen LogP contribution in [0.15, 0.2) is 23.0 Å². The molecule has 3 rings (SSSR count). The third kappa shape index (κ3) is 3.32. The molecule has 0 spiro atoms. The van der Waals surface area contributed by atoms with Gasteiger partial charge in [-0.05, 0) is 6.07 Å². The van der Waals surface area contributed by atoms with E-state index in [-0.39, 0.29) is 11.5 Å². The van der Waals surface area contributed by atoms with Gasteiger partial charge in [-0.25, -0.2) is 13.8 Å². The maximum Gasteiger partial charge on any atom is 0.255 e. The first-order valence-electron chi connectivity index (χ1n) is 7.72. The number of hydrogen-bond acceptors (Lipinski definition) is 3. The molecule has 2 aromatic rings. The van der Waals surface area contributed by atoms with Gasteiger partial charge in [0, 0.05) is 43.6 Å². The lowest BCUT2D eigenvalue weighted by Crippen LogP contribution is -2.36. The van der Waals surface area contributed by atoms with Gasteiger partial charge in [0.2, 0.25) is 0 Å². The number of H-pyrrole nitrogens is 1. The highest BCUT2D eigenvalue weighted by atomic mass is 19.1. The van der Waals surface area contributed by atoms with Crippen LogP contribution in [-0.2, 0) is 19.5 Å². The fourth-order valence-corrected chi connectivity index (χ4v) is 2.80. The van der Waals surface area contributed by atoms with E-state index < -0.39 is 11.6 Å². The molecule has 0 radical (unpaired) electrons. The second kappa shape index (κ2) is 6.20. The molecular formula is C17H19F2N3O. The minimum atomic E-state index is -0.586. The minimum Gasteiger partial charge on any atom is -0.310 e. The Kier molecular flexibility index (Phi) is 4.26. The molecule has 2 heterocycles. The van der Waals surface area contributed by atoms with E-state index in [1.807, 2.05) is 18.7 Å². The van der Waals surface area contributed by atoms with Crippen LogP contribution in [-0.4, -0.2) is 21.4 Å². The van der Waals surface area contributed by atoms with Crippen LogP contribution in [0.3, 0.4) is 0 Å². The van der Waals surface area contributed by atoms with Crippen LogP contribution >= 0.6 is 0 Å². The molecule has 4 nitrogen and oxygen atoms in total. The number of nitrogens with zero attached hydrogens (tertiary/aromatic N) is 2. The van der Waals surface area contributed by atoms with E-state index in [0.29, 0.717) is 43.0 Å². The van der Waals surface area contributed by atoms with Gasteiger partial charge in [-0.15, -0.1) is 0 Å². The molecule has 6 heteroatoms. The highest BCUT2D eigenvalue weighted by Crippen LogP contribution is 2.19. The molecule has 1 aromatic heterocycles. The zero-order valence-corrected chi connectivity index (χ0v) is 13.2. The third-order valence-corrected chi connectivity index (χ3v) is 4.12. The number of benzene rings is 1. The van der Waals surface area contributed by atoms with Crippen molar-refractivity contribution in [1.29, 1.82) is 0 Å². The topological polar surface area (TPSA) is 49.0 Å². The van der Waals surface area contributed by atoms with Gasteiger partial charge in [-0.3, -0.25) is 9.69 Å². The number of rotatable bonds is 3. The van der Waals surface area contributed by atoms with E-state index in [9.17, 15) is 13.6 Å². The Bertz CT molecular complexity index is 786. The summed E-state index contributed by atoms with van der Waals surface area (Å²) < 4.78 is 26.7. The fraction of sp³-hybridized carbons (Fsp3) is 0.412. The zero-order valence-electron chi connectivity index (χ0n) is 13.2. The maximum atomic E-state index is 13.8. The van der Waals surface area contributed by atoms with E-state index in [1.54, 1.807) is 0 Å². The molecule has 0 aliphatic carbocycles. The van der Waals surface area contributed by atoms with Gasteiger partial charge < -0.3 is 4.98 Å². The molecule has 1 N–H and O–H groups in total. The molecular weight excluding hydrogens is 300 g/mol. The van der Waals surface area contributed by atoms with Gasteiger partial charge in [0.05, 0.1) is 11.3 Å². The summed E-state index contributed by atoms with van der Waals surface area (Å²) in [5.74, 6) is -0.277. The second-order valence-corrected chi connectivity index (χ2v) is 6.23. The van der Waals surface area contributed by atoms with Crippen molar-refractivity contribution >= 4 is 0 Å². The van der Waals surface area contributed by atoms with Crippen molar-refractivity contribution in [3.05, 3.63) is 62.8 Å². The lowest BCUT2D eigenvalue weighted by molar-refractivity contribution is 0.238. The third-order valence-electron chi connectivity index (χ3n) is 4.12. The van der Waals surface area contributed by atoms with Crippen LogP contribution in [0.4, 0.5) is 8.78 Å². The van der Waals surface area contributed by atoms with E-state index in [4.69, 9.17) is 0 Å². The van der Waals surface area contributed by atoms with Crippen LogP contribution in [0.1, 0.15) is 42.4 Å². The Balaban J connectivity index is 1.82. The summed E-state index contributed by atoms with van der Waals surface area (Å²) in [4.78, 5) is 21.6. The molecule has 1 aliphatic heterocycles. The average Bonchev–Trinajstić information content (AvgIpc) is 2.50. The first-order valence-corrected chi connectivity index (χ1v) is 7.72. The van der Waals surface area contributed by atoms with Crippen LogP contribution in [0.5, 0.6) is 0 Å². The number of aromatic nitrogens is 2. The quantitative estimate of drug-likeness (QED) is 0.946. The zero-order chi connectivity index (χ0) is 16.6. The molecule has 0 saturated heterocycles. The molecule has 0 saturated carbocycles. The van der Waals surface area contributed by atoms with Gasteiger partial charge in [-0.1, -0.05) is 19.9 Å². The smallest absolute Gasteiger partial charge is 0.255 e. The Morgan fingerprint density at radius 3 is 2.83 bits per heavy atom. The van der Waals surface area contributed by atoms with Crippen molar-refractivity contribution in [3.63, 3.8) is 0 Å². The summed E-state index contributed by atoms with van der Waals surface area (Å²) in [5.41, 5.74) is 1.78. The van der Waals surface area contributed by atoms with Crippen molar-refractivity contribution in [1.82, 2.24) is 14.9 Å². The van der Waals surface area contributed by atoms with Gasteiger partial charge in [0.25, 0.3) is 5.56 Å². The molecule has 0 fully saturated rings. The van der Waals surface area contributed by atoms with E-state index >= 15 is 0 Å². The minimum absolute atomic E-state index is 0.122. The van der Waals surface area contributed by atoms with E-state index in [1.165, 1.54) is 12.1 Å².